The van der Waals surface area contributed by atoms with Crippen LogP contribution in [-0.2, 0) is 38.3 Å². The maximum atomic E-state index is 12.4. The molecule has 13 heteroatoms. The fourth-order valence-electron chi connectivity index (χ4n) is 4.71. The maximum Gasteiger partial charge on any atom is 0.347 e. The van der Waals surface area contributed by atoms with E-state index >= 15 is 0 Å². The summed E-state index contributed by atoms with van der Waals surface area (Å²) in [5, 5.41) is 19.0. The average molecular weight is 789 g/mol. The lowest BCUT2D eigenvalue weighted by Gasteiger charge is -2.18. The number of benzene rings is 5. The van der Waals surface area contributed by atoms with Crippen LogP contribution in [0, 0.1) is 0 Å². The third-order valence-corrected chi connectivity index (χ3v) is 9.60. The van der Waals surface area contributed by atoms with Gasteiger partial charge < -0.3 is 32.8 Å². The van der Waals surface area contributed by atoms with Crippen LogP contribution < -0.4 is 17.8 Å². The van der Waals surface area contributed by atoms with Crippen LogP contribution in [0.15, 0.2) is 131 Å². The normalized spacial score (nSPS) is 12.2. The molecule has 5 rings (SSSR count). The number of unbranched alkanes of at least 4 members (excludes halogenated alkanes) is 1. The van der Waals surface area contributed by atoms with Gasteiger partial charge in [-0.15, -0.1) is 0 Å². The zero-order chi connectivity index (χ0) is 39.6. The van der Waals surface area contributed by atoms with E-state index < -0.39 is 28.3 Å². The molecule has 2 N–H and O–H groups in total. The van der Waals surface area contributed by atoms with Gasteiger partial charge in [-0.2, -0.15) is 0 Å². The Kier molecular flexibility index (Phi) is 16.8. The first-order chi connectivity index (χ1) is 26.6. The Labute approximate surface area is 326 Å². The molecule has 0 fully saturated rings. The lowest BCUT2D eigenvalue weighted by molar-refractivity contribution is -0.152. The fraction of sp³-hybridized carbons (Fsp3) is 0.238. The number of hydrogen-bond acceptors (Lipinski definition) is 11. The first kappa shape index (κ1) is 42.1. The third-order valence-electron chi connectivity index (χ3n) is 7.62. The monoisotopic (exact) mass is 788 g/mol. The summed E-state index contributed by atoms with van der Waals surface area (Å²) in [6.45, 7) is 6.15. The summed E-state index contributed by atoms with van der Waals surface area (Å²) in [6, 6.07) is 33.3. The van der Waals surface area contributed by atoms with Crippen LogP contribution in [0.5, 0.6) is 34.5 Å². The minimum absolute atomic E-state index is 0.0948. The second-order valence-electron chi connectivity index (χ2n) is 12.0. The number of phenolic OH excluding ortho intramolecular Hbond substituents is 2. The molecule has 0 aromatic heterocycles. The first-order valence-corrected chi connectivity index (χ1v) is 19.7. The van der Waals surface area contributed by atoms with Crippen LogP contribution in [0.4, 0.5) is 0 Å². The minimum atomic E-state index is -1.81. The SMILES string of the molecule is CC(=O)c1cc(S(=O)Oc2ccc(OCc3ccccc3)cc2)ccc1O.CCCCC(Oc1ccc(OS(=O)c2ccc(O)cc2)cc1)C(=O)OCCC. The van der Waals surface area contributed by atoms with E-state index in [9.17, 15) is 28.2 Å². The van der Waals surface area contributed by atoms with Crippen molar-refractivity contribution in [2.24, 2.45) is 0 Å². The molecule has 3 unspecified atom stereocenters. The van der Waals surface area contributed by atoms with Crippen molar-refractivity contribution >= 4 is 33.9 Å². The van der Waals surface area contributed by atoms with Crippen LogP contribution >= 0.6 is 0 Å². The number of ether oxygens (including phenoxy) is 3. The summed E-state index contributed by atoms with van der Waals surface area (Å²) in [4.78, 5) is 24.4. The summed E-state index contributed by atoms with van der Waals surface area (Å²) < 4.78 is 52.1. The Morgan fingerprint density at radius 3 is 1.82 bits per heavy atom. The number of ketones is 1. The third kappa shape index (κ3) is 13.9. The van der Waals surface area contributed by atoms with Crippen molar-refractivity contribution in [2.45, 2.75) is 69.0 Å². The van der Waals surface area contributed by atoms with Crippen LogP contribution in [-0.4, -0.2) is 43.1 Å². The number of phenols is 2. The highest BCUT2D eigenvalue weighted by Gasteiger charge is 2.21. The predicted octanol–water partition coefficient (Wildman–Crippen LogP) is 8.66. The first-order valence-electron chi connectivity index (χ1n) is 17.6. The van der Waals surface area contributed by atoms with E-state index in [1.807, 2.05) is 37.3 Å². The largest absolute Gasteiger partial charge is 0.508 e. The Morgan fingerprint density at radius 2 is 1.24 bits per heavy atom. The zero-order valence-electron chi connectivity index (χ0n) is 30.8. The van der Waals surface area contributed by atoms with Crippen molar-refractivity contribution in [3.05, 3.63) is 132 Å². The lowest BCUT2D eigenvalue weighted by Crippen LogP contribution is -2.29. The van der Waals surface area contributed by atoms with Gasteiger partial charge in [-0.1, -0.05) is 50.6 Å². The van der Waals surface area contributed by atoms with Crippen molar-refractivity contribution in [3.8, 4) is 34.5 Å². The molecule has 0 aliphatic heterocycles. The molecule has 5 aromatic carbocycles. The van der Waals surface area contributed by atoms with Gasteiger partial charge in [-0.25, -0.2) is 13.2 Å². The van der Waals surface area contributed by atoms with E-state index in [4.69, 9.17) is 22.6 Å². The van der Waals surface area contributed by atoms with E-state index in [1.54, 1.807) is 48.5 Å². The van der Waals surface area contributed by atoms with Gasteiger partial charge in [-0.05, 0) is 123 Å². The molecule has 0 spiro atoms. The smallest absolute Gasteiger partial charge is 0.347 e. The van der Waals surface area contributed by atoms with Gasteiger partial charge in [0, 0.05) is 0 Å². The molecule has 3 atom stereocenters. The molecule has 0 amide bonds. The summed E-state index contributed by atoms with van der Waals surface area (Å²) in [5.41, 5.74) is 1.17. The van der Waals surface area contributed by atoms with Gasteiger partial charge >= 0.3 is 5.97 Å². The minimum Gasteiger partial charge on any atom is -0.508 e. The number of Topliss-reactive ketones (excluding diaryl/α,β-unsaturated/α-hetero) is 1. The molecule has 0 aliphatic rings. The molecular weight excluding hydrogens is 745 g/mol. The van der Waals surface area contributed by atoms with E-state index in [1.165, 1.54) is 49.4 Å². The van der Waals surface area contributed by atoms with Crippen molar-refractivity contribution in [1.29, 1.82) is 0 Å². The van der Waals surface area contributed by atoms with Crippen molar-refractivity contribution in [3.63, 3.8) is 0 Å². The standard InChI is InChI=1S/C21H26O6S.C21H18O5S/c1-3-5-6-20(21(23)25-15-4-2)26-17-9-11-18(12-10-17)27-28(24)19-13-7-16(22)8-14-19;1-15(22)20-13-19(11-12-21(20)23)27(24)26-18-9-7-17(8-10-18)25-14-16-5-3-2-4-6-16/h7-14,20,22H,3-6,15H2,1-2H3;2-13,23H,14H2,1H3. The number of carbonyl (C=O) groups excluding carboxylic acids is 2. The Bertz CT molecular complexity index is 2000. The highest BCUT2D eigenvalue weighted by Crippen LogP contribution is 2.25. The molecule has 5 aromatic rings. The molecule has 0 saturated carbocycles. The predicted molar refractivity (Wildman–Crippen MR) is 209 cm³/mol. The molecule has 0 radical (unpaired) electrons. The van der Waals surface area contributed by atoms with Crippen LogP contribution in [0.1, 0.15) is 62.4 Å². The van der Waals surface area contributed by atoms with Crippen molar-refractivity contribution < 1.29 is 50.8 Å². The van der Waals surface area contributed by atoms with E-state index in [0.717, 1.165) is 24.8 Å². The molecule has 290 valence electrons. The number of carbonyl (C=O) groups is 2. The van der Waals surface area contributed by atoms with Crippen LogP contribution in [0.3, 0.4) is 0 Å². The second-order valence-corrected chi connectivity index (χ2v) is 14.2. The fourth-order valence-corrected chi connectivity index (χ4v) is 6.23. The highest BCUT2D eigenvalue weighted by molar-refractivity contribution is 7.80. The van der Waals surface area contributed by atoms with Crippen molar-refractivity contribution in [1.82, 2.24) is 0 Å². The van der Waals surface area contributed by atoms with Crippen molar-refractivity contribution in [2.75, 3.05) is 6.61 Å². The van der Waals surface area contributed by atoms with Gasteiger partial charge in [0.2, 0.25) is 22.2 Å². The average Bonchev–Trinajstić information content (AvgIpc) is 3.19. The lowest BCUT2D eigenvalue weighted by atomic mass is 10.1. The Balaban J connectivity index is 0.000000245. The molecular formula is C42H44O11S2. The number of esters is 1. The van der Waals surface area contributed by atoms with Gasteiger partial charge in [0.1, 0.15) is 41.1 Å². The van der Waals surface area contributed by atoms with E-state index in [0.29, 0.717) is 52.4 Å². The Hall–Kier alpha value is -5.66. The highest BCUT2D eigenvalue weighted by atomic mass is 32.2. The molecule has 0 heterocycles. The number of aromatic hydroxyl groups is 2. The van der Waals surface area contributed by atoms with Crippen LogP contribution in [0.25, 0.3) is 0 Å². The van der Waals surface area contributed by atoms with E-state index in [2.05, 4.69) is 6.92 Å². The van der Waals surface area contributed by atoms with Gasteiger partial charge in [0.25, 0.3) is 0 Å². The topological polar surface area (TPSA) is 155 Å². The molecule has 0 saturated heterocycles. The van der Waals surface area contributed by atoms with Gasteiger partial charge in [-0.3, -0.25) is 4.79 Å². The summed E-state index contributed by atoms with van der Waals surface area (Å²) in [6.07, 6.45) is 2.51. The molecule has 11 nitrogen and oxygen atoms in total. The summed E-state index contributed by atoms with van der Waals surface area (Å²) in [5.74, 6) is 1.25. The molecule has 0 aliphatic carbocycles. The maximum absolute atomic E-state index is 12.4. The van der Waals surface area contributed by atoms with Gasteiger partial charge in [0.15, 0.2) is 11.9 Å². The number of hydrogen-bond donors (Lipinski definition) is 2. The number of rotatable bonds is 18. The zero-order valence-corrected chi connectivity index (χ0v) is 32.4. The molecule has 55 heavy (non-hydrogen) atoms. The quantitative estimate of drug-likeness (QED) is 0.0648. The Morgan fingerprint density at radius 1 is 0.673 bits per heavy atom. The second kappa shape index (κ2) is 21.9. The molecule has 0 bridgehead atoms. The van der Waals surface area contributed by atoms with Gasteiger partial charge in [0.05, 0.1) is 22.0 Å². The van der Waals surface area contributed by atoms with E-state index in [-0.39, 0.29) is 28.8 Å². The summed E-state index contributed by atoms with van der Waals surface area (Å²) in [7, 11) is 0. The summed E-state index contributed by atoms with van der Waals surface area (Å²) >= 11 is -3.52. The van der Waals surface area contributed by atoms with Crippen LogP contribution in [0.2, 0.25) is 0 Å².